The van der Waals surface area contributed by atoms with Crippen molar-refractivity contribution in [3.63, 3.8) is 0 Å². The first-order chi connectivity index (χ1) is 12.0. The van der Waals surface area contributed by atoms with Gasteiger partial charge in [0.05, 0.1) is 11.3 Å². The number of hydrogen-bond donors (Lipinski definition) is 1. The van der Waals surface area contributed by atoms with Crippen LogP contribution in [0.25, 0.3) is 0 Å². The summed E-state index contributed by atoms with van der Waals surface area (Å²) in [6.07, 6.45) is 3.41. The van der Waals surface area contributed by atoms with Gasteiger partial charge >= 0.3 is 0 Å². The average molecular weight is 340 g/mol. The Morgan fingerprint density at radius 2 is 2.00 bits per heavy atom. The molecule has 1 aromatic carbocycles. The van der Waals surface area contributed by atoms with E-state index >= 15 is 0 Å². The minimum Gasteiger partial charge on any atom is -0.508 e. The molecule has 2 aromatic rings. The number of hydrogen-bond acceptors (Lipinski definition) is 5. The molecule has 0 bridgehead atoms. The SMILES string of the molecule is Cc1nc(N(C)C)ncc1C(=O)N1CCC(c2cccc(O)c2)CC1. The number of anilines is 1. The van der Waals surface area contributed by atoms with E-state index in [0.29, 0.717) is 42.0 Å². The number of aryl methyl sites for hydroxylation is 1. The standard InChI is InChI=1S/C19H24N4O2/c1-13-17(12-20-19(21-13)22(2)3)18(25)23-9-7-14(8-10-23)15-5-4-6-16(24)11-15/h4-6,11-12,14,24H,7-10H2,1-3H3. The van der Waals surface area contributed by atoms with Gasteiger partial charge < -0.3 is 14.9 Å². The Labute approximate surface area is 148 Å². The summed E-state index contributed by atoms with van der Waals surface area (Å²) in [5.41, 5.74) is 2.42. The Kier molecular flexibility index (Phi) is 4.88. The van der Waals surface area contributed by atoms with E-state index in [1.165, 1.54) is 0 Å². The first kappa shape index (κ1) is 17.2. The number of amides is 1. The van der Waals surface area contributed by atoms with E-state index in [4.69, 9.17) is 0 Å². The molecule has 6 nitrogen and oxygen atoms in total. The molecule has 6 heteroatoms. The lowest BCUT2D eigenvalue weighted by atomic mass is 9.89. The lowest BCUT2D eigenvalue weighted by Gasteiger charge is -2.32. The molecule has 0 spiro atoms. The number of aromatic nitrogens is 2. The molecule has 1 aliphatic heterocycles. The minimum absolute atomic E-state index is 0.00262. The van der Waals surface area contributed by atoms with Crippen LogP contribution in [-0.4, -0.2) is 53.1 Å². The number of carbonyl (C=O) groups is 1. The van der Waals surface area contributed by atoms with Crippen molar-refractivity contribution in [1.29, 1.82) is 0 Å². The second-order valence-corrected chi connectivity index (χ2v) is 6.72. The van der Waals surface area contributed by atoms with Crippen molar-refractivity contribution in [1.82, 2.24) is 14.9 Å². The number of aromatic hydroxyl groups is 1. The number of phenolic OH excluding ortho intramolecular Hbond substituents is 1. The summed E-state index contributed by atoms with van der Waals surface area (Å²) in [6, 6.07) is 7.41. The van der Waals surface area contributed by atoms with Crippen LogP contribution in [0, 0.1) is 6.92 Å². The van der Waals surface area contributed by atoms with Gasteiger partial charge in [-0.3, -0.25) is 4.79 Å². The van der Waals surface area contributed by atoms with E-state index in [2.05, 4.69) is 9.97 Å². The summed E-state index contributed by atoms with van der Waals surface area (Å²) in [7, 11) is 3.75. The number of rotatable bonds is 3. The number of phenols is 1. The number of likely N-dealkylation sites (tertiary alicyclic amines) is 1. The van der Waals surface area contributed by atoms with E-state index < -0.39 is 0 Å². The summed E-state index contributed by atoms with van der Waals surface area (Å²) < 4.78 is 0. The van der Waals surface area contributed by atoms with Crippen molar-refractivity contribution in [2.45, 2.75) is 25.7 Å². The van der Waals surface area contributed by atoms with Crippen molar-refractivity contribution in [3.05, 3.63) is 47.3 Å². The Morgan fingerprint density at radius 1 is 1.28 bits per heavy atom. The molecule has 0 radical (unpaired) electrons. The van der Waals surface area contributed by atoms with Gasteiger partial charge in [0.15, 0.2) is 0 Å². The quantitative estimate of drug-likeness (QED) is 0.930. The maximum absolute atomic E-state index is 12.8. The predicted octanol–water partition coefficient (Wildman–Crippen LogP) is 2.58. The van der Waals surface area contributed by atoms with Gasteiger partial charge in [-0.05, 0) is 43.4 Å². The lowest BCUT2D eigenvalue weighted by Crippen LogP contribution is -2.38. The third-order valence-electron chi connectivity index (χ3n) is 4.72. The number of benzene rings is 1. The molecule has 1 aromatic heterocycles. The first-order valence-corrected chi connectivity index (χ1v) is 8.55. The first-order valence-electron chi connectivity index (χ1n) is 8.55. The molecule has 1 amide bonds. The summed E-state index contributed by atoms with van der Waals surface area (Å²) in [4.78, 5) is 25.2. The van der Waals surface area contributed by atoms with Gasteiger partial charge in [-0.25, -0.2) is 9.97 Å². The van der Waals surface area contributed by atoms with Gasteiger partial charge in [0.2, 0.25) is 5.95 Å². The maximum Gasteiger partial charge on any atom is 0.257 e. The molecular weight excluding hydrogens is 316 g/mol. The largest absolute Gasteiger partial charge is 0.508 e. The van der Waals surface area contributed by atoms with E-state index in [-0.39, 0.29) is 5.91 Å². The Bertz CT molecular complexity index is 768. The highest BCUT2D eigenvalue weighted by atomic mass is 16.3. The van der Waals surface area contributed by atoms with Crippen LogP contribution in [0.5, 0.6) is 5.75 Å². The van der Waals surface area contributed by atoms with E-state index in [9.17, 15) is 9.90 Å². The van der Waals surface area contributed by atoms with Gasteiger partial charge in [-0.15, -0.1) is 0 Å². The Balaban J connectivity index is 1.67. The molecule has 1 aliphatic rings. The zero-order valence-corrected chi connectivity index (χ0v) is 14.9. The second kappa shape index (κ2) is 7.09. The summed E-state index contributed by atoms with van der Waals surface area (Å²) >= 11 is 0. The molecule has 1 N–H and O–H groups in total. The van der Waals surface area contributed by atoms with E-state index in [0.717, 1.165) is 18.4 Å². The fourth-order valence-electron chi connectivity index (χ4n) is 3.25. The van der Waals surface area contributed by atoms with Gasteiger partial charge in [0.25, 0.3) is 5.91 Å². The molecule has 25 heavy (non-hydrogen) atoms. The van der Waals surface area contributed by atoms with Gasteiger partial charge in [0.1, 0.15) is 5.75 Å². The molecule has 0 unspecified atom stereocenters. The molecule has 1 fully saturated rings. The molecule has 0 saturated carbocycles. The highest BCUT2D eigenvalue weighted by Crippen LogP contribution is 2.30. The number of piperidine rings is 1. The Hall–Kier alpha value is -2.63. The van der Waals surface area contributed by atoms with Crippen LogP contribution in [0.2, 0.25) is 0 Å². The van der Waals surface area contributed by atoms with Gasteiger partial charge in [-0.2, -0.15) is 0 Å². The fraction of sp³-hybridized carbons (Fsp3) is 0.421. The molecule has 2 heterocycles. The molecular formula is C19H24N4O2. The summed E-state index contributed by atoms with van der Waals surface area (Å²) in [5, 5.41) is 9.64. The van der Waals surface area contributed by atoms with Crippen LogP contribution in [0.1, 0.15) is 40.4 Å². The normalized spacial score (nSPS) is 15.2. The number of carbonyl (C=O) groups excluding carboxylic acids is 1. The zero-order valence-electron chi connectivity index (χ0n) is 14.9. The topological polar surface area (TPSA) is 69.6 Å². The third kappa shape index (κ3) is 3.73. The molecule has 3 rings (SSSR count). The highest BCUT2D eigenvalue weighted by molar-refractivity contribution is 5.95. The molecule has 1 saturated heterocycles. The van der Waals surface area contributed by atoms with Crippen LogP contribution >= 0.6 is 0 Å². The van der Waals surface area contributed by atoms with E-state index in [1.54, 1.807) is 12.3 Å². The molecule has 132 valence electrons. The highest BCUT2D eigenvalue weighted by Gasteiger charge is 2.26. The van der Waals surface area contributed by atoms with Gasteiger partial charge in [0, 0.05) is 33.4 Å². The minimum atomic E-state index is -0.00262. The van der Waals surface area contributed by atoms with Crippen LogP contribution in [0.15, 0.2) is 30.5 Å². The average Bonchev–Trinajstić information content (AvgIpc) is 2.61. The van der Waals surface area contributed by atoms with Crippen molar-refractivity contribution in [2.75, 3.05) is 32.1 Å². The summed E-state index contributed by atoms with van der Waals surface area (Å²) in [5.74, 6) is 1.28. The smallest absolute Gasteiger partial charge is 0.257 e. The molecule has 0 atom stereocenters. The lowest BCUT2D eigenvalue weighted by molar-refractivity contribution is 0.0711. The predicted molar refractivity (Wildman–Crippen MR) is 97.1 cm³/mol. The van der Waals surface area contributed by atoms with Crippen LogP contribution < -0.4 is 4.90 Å². The third-order valence-corrected chi connectivity index (χ3v) is 4.72. The van der Waals surface area contributed by atoms with Crippen LogP contribution in [-0.2, 0) is 0 Å². The van der Waals surface area contributed by atoms with E-state index in [1.807, 2.05) is 49.0 Å². The molecule has 0 aliphatic carbocycles. The van der Waals surface area contributed by atoms with Crippen molar-refractivity contribution < 1.29 is 9.90 Å². The van der Waals surface area contributed by atoms with Crippen molar-refractivity contribution >= 4 is 11.9 Å². The zero-order chi connectivity index (χ0) is 18.0. The van der Waals surface area contributed by atoms with Crippen LogP contribution in [0.3, 0.4) is 0 Å². The number of nitrogens with zero attached hydrogens (tertiary/aromatic N) is 4. The Morgan fingerprint density at radius 3 is 2.60 bits per heavy atom. The maximum atomic E-state index is 12.8. The van der Waals surface area contributed by atoms with Crippen molar-refractivity contribution in [3.8, 4) is 5.75 Å². The monoisotopic (exact) mass is 340 g/mol. The fourth-order valence-corrected chi connectivity index (χ4v) is 3.25. The van der Waals surface area contributed by atoms with Crippen molar-refractivity contribution in [2.24, 2.45) is 0 Å². The second-order valence-electron chi connectivity index (χ2n) is 6.72. The summed E-state index contributed by atoms with van der Waals surface area (Å²) in [6.45, 7) is 3.25. The van der Waals surface area contributed by atoms with Gasteiger partial charge in [-0.1, -0.05) is 12.1 Å². The van der Waals surface area contributed by atoms with Crippen LogP contribution in [0.4, 0.5) is 5.95 Å².